The van der Waals surface area contributed by atoms with Gasteiger partial charge in [-0.2, -0.15) is 0 Å². The summed E-state index contributed by atoms with van der Waals surface area (Å²) in [4.78, 5) is 12.2. The molecule has 0 radical (unpaired) electrons. The number of rotatable bonds is 4. The van der Waals surface area contributed by atoms with Crippen molar-refractivity contribution in [3.63, 3.8) is 0 Å². The van der Waals surface area contributed by atoms with E-state index < -0.39 is 0 Å². The summed E-state index contributed by atoms with van der Waals surface area (Å²) in [7, 11) is 0. The molecule has 2 nitrogen and oxygen atoms in total. The van der Waals surface area contributed by atoms with Crippen molar-refractivity contribution in [3.8, 4) is 0 Å². The van der Waals surface area contributed by atoms with Gasteiger partial charge in [-0.25, -0.2) is 0 Å². The minimum atomic E-state index is -0.160. The van der Waals surface area contributed by atoms with Crippen LogP contribution in [0.2, 0.25) is 0 Å². The Bertz CT molecular complexity index is 334. The molecular weight excluding hydrogens is 224 g/mol. The van der Waals surface area contributed by atoms with Crippen LogP contribution in [0.15, 0.2) is 0 Å². The van der Waals surface area contributed by atoms with Gasteiger partial charge in [-0.1, -0.05) is 34.6 Å². The fourth-order valence-electron chi connectivity index (χ4n) is 4.31. The molecule has 0 N–H and O–H groups in total. The number of hydrogen-bond donors (Lipinski definition) is 0. The van der Waals surface area contributed by atoms with Gasteiger partial charge in [0.05, 0.1) is 5.92 Å². The molecular formula is C16H28O2. The maximum Gasteiger partial charge on any atom is 0.309 e. The van der Waals surface area contributed by atoms with Crippen molar-refractivity contribution in [1.29, 1.82) is 0 Å². The van der Waals surface area contributed by atoms with Crippen molar-refractivity contribution in [2.45, 2.75) is 72.3 Å². The summed E-state index contributed by atoms with van der Waals surface area (Å²) < 4.78 is 6.03. The molecule has 2 fully saturated rings. The van der Waals surface area contributed by atoms with Crippen LogP contribution in [0.3, 0.4) is 0 Å². The topological polar surface area (TPSA) is 26.3 Å². The van der Waals surface area contributed by atoms with Gasteiger partial charge in [-0.05, 0) is 43.4 Å². The van der Waals surface area contributed by atoms with E-state index in [1.807, 2.05) is 6.92 Å². The average molecular weight is 252 g/mol. The number of carbonyl (C=O) groups is 1. The first kappa shape index (κ1) is 13.9. The van der Waals surface area contributed by atoms with Gasteiger partial charge < -0.3 is 4.74 Å². The highest BCUT2D eigenvalue weighted by Gasteiger charge is 2.62. The Morgan fingerprint density at radius 3 is 2.39 bits per heavy atom. The van der Waals surface area contributed by atoms with Crippen molar-refractivity contribution >= 4 is 5.97 Å². The Kier molecular flexibility index (Phi) is 3.50. The quantitative estimate of drug-likeness (QED) is 0.702. The average Bonchev–Trinajstić information content (AvgIpc) is 2.75. The largest absolute Gasteiger partial charge is 0.459 e. The molecule has 0 heterocycles. The van der Waals surface area contributed by atoms with Crippen molar-refractivity contribution in [2.24, 2.45) is 23.2 Å². The van der Waals surface area contributed by atoms with Crippen molar-refractivity contribution in [2.75, 3.05) is 0 Å². The second-order valence-electron chi connectivity index (χ2n) is 7.00. The van der Waals surface area contributed by atoms with Crippen LogP contribution in [0.1, 0.15) is 66.7 Å². The number of fused-ring (bicyclic) bond motifs is 2. The minimum absolute atomic E-state index is 0.0164. The van der Waals surface area contributed by atoms with Gasteiger partial charge in [0.15, 0.2) is 0 Å². The Morgan fingerprint density at radius 2 is 2.00 bits per heavy atom. The van der Waals surface area contributed by atoms with E-state index >= 15 is 0 Å². The monoisotopic (exact) mass is 252 g/mol. The Hall–Kier alpha value is -0.530. The first-order chi connectivity index (χ1) is 8.37. The van der Waals surface area contributed by atoms with E-state index in [0.717, 1.165) is 25.2 Å². The van der Waals surface area contributed by atoms with E-state index in [9.17, 15) is 4.79 Å². The summed E-state index contributed by atoms with van der Waals surface area (Å²) in [6.45, 7) is 10.9. The third-order valence-electron chi connectivity index (χ3n) is 5.90. The Morgan fingerprint density at radius 1 is 1.33 bits per heavy atom. The molecule has 2 bridgehead atoms. The summed E-state index contributed by atoms with van der Waals surface area (Å²) in [6.07, 6.45) is 5.48. The van der Waals surface area contributed by atoms with E-state index in [1.165, 1.54) is 12.8 Å². The SMILES string of the molecule is CCC(C)C(=O)OC1(CC)CC2CCC1C2(C)C. The van der Waals surface area contributed by atoms with Gasteiger partial charge in [0.25, 0.3) is 0 Å². The second kappa shape index (κ2) is 4.54. The molecule has 0 saturated heterocycles. The lowest BCUT2D eigenvalue weighted by Crippen LogP contribution is -2.42. The molecule has 0 aromatic heterocycles. The number of hydrogen-bond acceptors (Lipinski definition) is 2. The zero-order valence-electron chi connectivity index (χ0n) is 12.6. The van der Waals surface area contributed by atoms with Crippen LogP contribution in [0.4, 0.5) is 0 Å². The summed E-state index contributed by atoms with van der Waals surface area (Å²) in [5.41, 5.74) is 0.193. The third-order valence-corrected chi connectivity index (χ3v) is 5.90. The molecule has 0 spiro atoms. The van der Waals surface area contributed by atoms with Crippen LogP contribution >= 0.6 is 0 Å². The fourth-order valence-corrected chi connectivity index (χ4v) is 4.31. The molecule has 4 unspecified atom stereocenters. The number of carbonyl (C=O) groups excluding carboxylic acids is 1. The van der Waals surface area contributed by atoms with E-state index in [1.54, 1.807) is 0 Å². The maximum atomic E-state index is 12.2. The molecule has 104 valence electrons. The summed E-state index contributed by atoms with van der Waals surface area (Å²) in [5.74, 6) is 1.36. The molecule has 2 heteroatoms. The van der Waals surface area contributed by atoms with Gasteiger partial charge in [-0.3, -0.25) is 4.79 Å². The van der Waals surface area contributed by atoms with Crippen LogP contribution < -0.4 is 0 Å². The molecule has 0 aliphatic heterocycles. The maximum absolute atomic E-state index is 12.2. The van der Waals surface area contributed by atoms with Gasteiger partial charge in [0.1, 0.15) is 5.60 Å². The van der Waals surface area contributed by atoms with Crippen LogP contribution in [0, 0.1) is 23.2 Å². The van der Waals surface area contributed by atoms with Crippen molar-refractivity contribution < 1.29 is 9.53 Å². The van der Waals surface area contributed by atoms with Gasteiger partial charge in [-0.15, -0.1) is 0 Å². The lowest BCUT2D eigenvalue weighted by Gasteiger charge is -2.39. The van der Waals surface area contributed by atoms with Gasteiger partial charge in [0.2, 0.25) is 0 Å². The van der Waals surface area contributed by atoms with E-state index in [2.05, 4.69) is 27.7 Å². The lowest BCUT2D eigenvalue weighted by molar-refractivity contribution is -0.172. The number of ether oxygens (including phenoxy) is 1. The predicted molar refractivity (Wildman–Crippen MR) is 73.2 cm³/mol. The molecule has 0 aromatic carbocycles. The summed E-state index contributed by atoms with van der Waals surface area (Å²) in [5, 5.41) is 0. The third kappa shape index (κ3) is 1.88. The van der Waals surface area contributed by atoms with E-state index in [0.29, 0.717) is 11.3 Å². The zero-order chi connectivity index (χ0) is 13.6. The van der Waals surface area contributed by atoms with E-state index in [-0.39, 0.29) is 17.5 Å². The van der Waals surface area contributed by atoms with Gasteiger partial charge >= 0.3 is 5.97 Å². The molecule has 0 aromatic rings. The molecule has 18 heavy (non-hydrogen) atoms. The smallest absolute Gasteiger partial charge is 0.309 e. The minimum Gasteiger partial charge on any atom is -0.459 e. The fraction of sp³-hybridized carbons (Fsp3) is 0.938. The molecule has 0 amide bonds. The first-order valence-corrected chi connectivity index (χ1v) is 7.60. The standard InChI is InChI=1S/C16H28O2/c1-6-11(3)14(17)18-16(7-2)10-12-8-9-13(16)15(12,4)5/h11-13H,6-10H2,1-5H3. The van der Waals surface area contributed by atoms with Crippen LogP contribution in [0.25, 0.3) is 0 Å². The molecule has 2 aliphatic carbocycles. The Balaban J connectivity index is 2.17. The zero-order valence-corrected chi connectivity index (χ0v) is 12.6. The van der Waals surface area contributed by atoms with Crippen molar-refractivity contribution in [3.05, 3.63) is 0 Å². The molecule has 2 saturated carbocycles. The van der Waals surface area contributed by atoms with Crippen LogP contribution in [-0.4, -0.2) is 11.6 Å². The Labute approximate surface area is 111 Å². The summed E-state index contributed by atoms with van der Waals surface area (Å²) in [6, 6.07) is 0. The molecule has 4 atom stereocenters. The molecule has 2 rings (SSSR count). The van der Waals surface area contributed by atoms with Crippen LogP contribution in [-0.2, 0) is 9.53 Å². The normalized spacial score (nSPS) is 38.7. The summed E-state index contributed by atoms with van der Waals surface area (Å²) >= 11 is 0. The van der Waals surface area contributed by atoms with Crippen LogP contribution in [0.5, 0.6) is 0 Å². The lowest BCUT2D eigenvalue weighted by atomic mass is 9.77. The predicted octanol–water partition coefficient (Wildman–Crippen LogP) is 4.18. The van der Waals surface area contributed by atoms with Gasteiger partial charge in [0, 0.05) is 5.92 Å². The first-order valence-electron chi connectivity index (χ1n) is 7.60. The highest BCUT2D eigenvalue weighted by Crippen LogP contribution is 2.64. The highest BCUT2D eigenvalue weighted by molar-refractivity contribution is 5.72. The van der Waals surface area contributed by atoms with Crippen molar-refractivity contribution in [1.82, 2.24) is 0 Å². The van der Waals surface area contributed by atoms with E-state index in [4.69, 9.17) is 4.74 Å². The highest BCUT2D eigenvalue weighted by atomic mass is 16.6. The molecule has 2 aliphatic rings. The second-order valence-corrected chi connectivity index (χ2v) is 7.00. The number of esters is 1.